The van der Waals surface area contributed by atoms with Crippen LogP contribution in [-0.4, -0.2) is 57.7 Å². The molecule has 0 amide bonds. The van der Waals surface area contributed by atoms with Gasteiger partial charge in [-0.05, 0) is 25.5 Å². The van der Waals surface area contributed by atoms with Gasteiger partial charge in [0.1, 0.15) is 25.1 Å². The van der Waals surface area contributed by atoms with E-state index in [1.807, 2.05) is 44.2 Å². The maximum absolute atomic E-state index is 11.6. The fourth-order valence-electron chi connectivity index (χ4n) is 2.71. The van der Waals surface area contributed by atoms with E-state index in [1.165, 1.54) is 20.3 Å². The van der Waals surface area contributed by atoms with E-state index in [-0.39, 0.29) is 12.9 Å². The van der Waals surface area contributed by atoms with Crippen molar-refractivity contribution >= 4 is 5.97 Å². The van der Waals surface area contributed by atoms with E-state index >= 15 is 0 Å². The summed E-state index contributed by atoms with van der Waals surface area (Å²) < 4.78 is 33.2. The summed E-state index contributed by atoms with van der Waals surface area (Å²) in [6, 6.07) is 9.74. The number of benzene rings is 1. The number of hydrogen-bond acceptors (Lipinski definition) is 7. The summed E-state index contributed by atoms with van der Waals surface area (Å²) >= 11 is 0. The molecule has 1 aliphatic heterocycles. The Morgan fingerprint density at radius 1 is 1.26 bits per heavy atom. The van der Waals surface area contributed by atoms with E-state index in [0.29, 0.717) is 13.2 Å². The van der Waals surface area contributed by atoms with Gasteiger partial charge in [-0.2, -0.15) is 0 Å². The number of carbonyl (C=O) groups is 1. The Hall–Kier alpha value is -1.77. The molecule has 2 rings (SSSR count). The minimum atomic E-state index is -0.713. The Morgan fingerprint density at radius 3 is 2.59 bits per heavy atom. The summed E-state index contributed by atoms with van der Waals surface area (Å²) in [6.45, 7) is 4.43. The number of carbonyl (C=O) groups excluding carboxylic acids is 1. The first-order valence-corrected chi connectivity index (χ1v) is 8.79. The van der Waals surface area contributed by atoms with Crippen LogP contribution < -0.4 is 0 Å². The van der Waals surface area contributed by atoms with E-state index < -0.39 is 24.0 Å². The predicted octanol–water partition coefficient (Wildman–Crippen LogP) is 2.44. The van der Waals surface area contributed by atoms with Gasteiger partial charge in [0.25, 0.3) is 0 Å². The van der Waals surface area contributed by atoms with Crippen molar-refractivity contribution in [3.8, 4) is 0 Å². The van der Waals surface area contributed by atoms with Crippen molar-refractivity contribution in [3.63, 3.8) is 0 Å². The van der Waals surface area contributed by atoms with Crippen molar-refractivity contribution < 1.29 is 33.2 Å². The van der Waals surface area contributed by atoms with Gasteiger partial charge >= 0.3 is 5.97 Å². The van der Waals surface area contributed by atoms with Crippen LogP contribution in [0, 0.1) is 0 Å². The van der Waals surface area contributed by atoms with Gasteiger partial charge < -0.3 is 28.4 Å². The molecule has 150 valence electrons. The molecule has 3 atom stereocenters. The van der Waals surface area contributed by atoms with E-state index in [9.17, 15) is 4.79 Å². The molecule has 27 heavy (non-hydrogen) atoms. The van der Waals surface area contributed by atoms with Gasteiger partial charge in [0.15, 0.2) is 5.79 Å². The Balaban J connectivity index is 2.16. The van der Waals surface area contributed by atoms with Crippen molar-refractivity contribution in [3.05, 3.63) is 48.0 Å². The Kier molecular flexibility index (Phi) is 8.40. The summed E-state index contributed by atoms with van der Waals surface area (Å²) in [7, 11) is 2.86. The van der Waals surface area contributed by atoms with Gasteiger partial charge in [-0.15, -0.1) is 0 Å². The smallest absolute Gasteiger partial charge is 0.330 e. The number of rotatable bonds is 10. The average molecular weight is 380 g/mol. The molecule has 0 aliphatic carbocycles. The zero-order chi connectivity index (χ0) is 19.7. The van der Waals surface area contributed by atoms with E-state index in [4.69, 9.17) is 23.7 Å². The zero-order valence-electron chi connectivity index (χ0n) is 16.3. The SMILES string of the molecule is COCO[C@@H]([C@@H](/C=C\C(=O)OC)OCc1ccccc1)[C@H]1COC(C)(C)O1. The van der Waals surface area contributed by atoms with E-state index in [1.54, 1.807) is 6.08 Å². The van der Waals surface area contributed by atoms with Crippen LogP contribution in [0.5, 0.6) is 0 Å². The largest absolute Gasteiger partial charge is 0.466 e. The van der Waals surface area contributed by atoms with Crippen LogP contribution in [0.15, 0.2) is 42.5 Å². The van der Waals surface area contributed by atoms with Crippen LogP contribution in [0.3, 0.4) is 0 Å². The third-order valence-corrected chi connectivity index (χ3v) is 4.01. The predicted molar refractivity (Wildman–Crippen MR) is 97.8 cm³/mol. The number of ether oxygens (including phenoxy) is 6. The lowest BCUT2D eigenvalue weighted by Gasteiger charge is -2.29. The Labute approximate surface area is 160 Å². The van der Waals surface area contributed by atoms with Gasteiger partial charge in [-0.3, -0.25) is 0 Å². The molecule has 7 nitrogen and oxygen atoms in total. The summed E-state index contributed by atoms with van der Waals surface area (Å²) in [4.78, 5) is 11.6. The van der Waals surface area contributed by atoms with Crippen LogP contribution in [0.1, 0.15) is 19.4 Å². The highest BCUT2D eigenvalue weighted by Gasteiger charge is 2.41. The molecule has 1 heterocycles. The summed E-state index contributed by atoms with van der Waals surface area (Å²) in [6.07, 6.45) is 1.46. The van der Waals surface area contributed by atoms with Gasteiger partial charge in [0, 0.05) is 13.2 Å². The van der Waals surface area contributed by atoms with Gasteiger partial charge in [-0.1, -0.05) is 30.3 Å². The molecular weight excluding hydrogens is 352 g/mol. The maximum Gasteiger partial charge on any atom is 0.330 e. The van der Waals surface area contributed by atoms with Crippen molar-refractivity contribution in [1.29, 1.82) is 0 Å². The first-order valence-electron chi connectivity index (χ1n) is 8.79. The number of esters is 1. The van der Waals surface area contributed by atoms with Gasteiger partial charge in [0.2, 0.25) is 0 Å². The molecule has 0 saturated carbocycles. The topological polar surface area (TPSA) is 72.5 Å². The van der Waals surface area contributed by atoms with Crippen molar-refractivity contribution in [2.45, 2.75) is 44.6 Å². The fraction of sp³-hybridized carbons (Fsp3) is 0.550. The molecule has 1 fully saturated rings. The molecule has 0 radical (unpaired) electrons. The second kappa shape index (κ2) is 10.5. The van der Waals surface area contributed by atoms with Crippen molar-refractivity contribution in [1.82, 2.24) is 0 Å². The molecule has 1 aliphatic rings. The Bertz CT molecular complexity index is 600. The second-order valence-corrected chi connectivity index (χ2v) is 6.55. The molecule has 7 heteroatoms. The van der Waals surface area contributed by atoms with Crippen molar-refractivity contribution in [2.75, 3.05) is 27.6 Å². The van der Waals surface area contributed by atoms with E-state index in [0.717, 1.165) is 5.56 Å². The van der Waals surface area contributed by atoms with Crippen LogP contribution in [-0.2, 0) is 39.8 Å². The molecule has 0 bridgehead atoms. The van der Waals surface area contributed by atoms with Crippen molar-refractivity contribution in [2.24, 2.45) is 0 Å². The highest BCUT2D eigenvalue weighted by molar-refractivity contribution is 5.81. The molecule has 1 saturated heterocycles. The highest BCUT2D eigenvalue weighted by Crippen LogP contribution is 2.28. The quantitative estimate of drug-likeness (QED) is 0.351. The van der Waals surface area contributed by atoms with Gasteiger partial charge in [-0.25, -0.2) is 4.79 Å². The van der Waals surface area contributed by atoms with Crippen LogP contribution in [0.4, 0.5) is 0 Å². The first-order chi connectivity index (χ1) is 12.9. The first kappa shape index (κ1) is 21.5. The molecule has 0 spiro atoms. The highest BCUT2D eigenvalue weighted by atomic mass is 16.8. The summed E-state index contributed by atoms with van der Waals surface area (Å²) in [5, 5.41) is 0. The summed E-state index contributed by atoms with van der Waals surface area (Å²) in [5.74, 6) is -1.19. The van der Waals surface area contributed by atoms with Crippen LogP contribution in [0.25, 0.3) is 0 Å². The number of methoxy groups -OCH3 is 2. The summed E-state index contributed by atoms with van der Waals surface area (Å²) in [5.41, 5.74) is 1.00. The lowest BCUT2D eigenvalue weighted by molar-refractivity contribution is -0.189. The lowest BCUT2D eigenvalue weighted by Crippen LogP contribution is -2.43. The normalized spacial score (nSPS) is 21.3. The maximum atomic E-state index is 11.6. The number of hydrogen-bond donors (Lipinski definition) is 0. The molecule has 0 unspecified atom stereocenters. The minimum Gasteiger partial charge on any atom is -0.466 e. The molecular formula is C20H28O7. The zero-order valence-corrected chi connectivity index (χ0v) is 16.3. The average Bonchev–Trinajstić information content (AvgIpc) is 3.03. The third-order valence-electron chi connectivity index (χ3n) is 4.01. The molecule has 1 aromatic rings. The van der Waals surface area contributed by atoms with Gasteiger partial charge in [0.05, 0.1) is 20.3 Å². The monoisotopic (exact) mass is 380 g/mol. The minimum absolute atomic E-state index is 0.0578. The standard InChI is InChI=1S/C20H28O7/c1-20(2)26-13-17(27-20)19(25-14-22-3)16(10-11-18(21)23-4)24-12-15-8-6-5-7-9-15/h5-11,16-17,19H,12-14H2,1-4H3/b11-10-/t16-,17-,19+/m1/s1. The van der Waals surface area contributed by atoms with E-state index in [2.05, 4.69) is 4.74 Å². The van der Waals surface area contributed by atoms with Crippen LogP contribution >= 0.6 is 0 Å². The molecule has 0 N–H and O–H groups in total. The fourth-order valence-corrected chi connectivity index (χ4v) is 2.71. The second-order valence-electron chi connectivity index (χ2n) is 6.55. The Morgan fingerprint density at radius 2 is 2.00 bits per heavy atom. The lowest BCUT2D eigenvalue weighted by atomic mass is 10.1. The molecule has 0 aromatic heterocycles. The third kappa shape index (κ3) is 7.04. The van der Waals surface area contributed by atoms with Crippen LogP contribution in [0.2, 0.25) is 0 Å². The molecule has 1 aromatic carbocycles.